The number of carbonyl (C=O) groups is 1. The van der Waals surface area contributed by atoms with Crippen LogP contribution in [0.4, 0.5) is 13.2 Å². The molecule has 7 nitrogen and oxygen atoms in total. The SMILES string of the molecule is CC(C)CCNC(=O)Cn1cnc2nc(-c3ccc(C(F)(F)F)cc3)ncc2c1=O. The number of benzene rings is 1. The zero-order chi connectivity index (χ0) is 21.9. The van der Waals surface area contributed by atoms with Gasteiger partial charge in [-0.25, -0.2) is 15.0 Å². The number of hydrogen-bond acceptors (Lipinski definition) is 5. The fourth-order valence-corrected chi connectivity index (χ4v) is 2.72. The molecule has 1 aromatic carbocycles. The minimum absolute atomic E-state index is 0.0985. The third-order valence-electron chi connectivity index (χ3n) is 4.41. The van der Waals surface area contributed by atoms with Crippen molar-refractivity contribution >= 4 is 16.9 Å². The molecule has 0 saturated carbocycles. The molecule has 2 heterocycles. The lowest BCUT2D eigenvalue weighted by molar-refractivity contribution is -0.137. The largest absolute Gasteiger partial charge is 0.416 e. The minimum atomic E-state index is -4.43. The van der Waals surface area contributed by atoms with Gasteiger partial charge in [-0.3, -0.25) is 14.2 Å². The number of fused-ring (bicyclic) bond motifs is 1. The first-order valence-corrected chi connectivity index (χ1v) is 9.31. The smallest absolute Gasteiger partial charge is 0.355 e. The zero-order valence-electron chi connectivity index (χ0n) is 16.4. The van der Waals surface area contributed by atoms with Gasteiger partial charge in [0, 0.05) is 18.3 Å². The van der Waals surface area contributed by atoms with Crippen LogP contribution in [0.2, 0.25) is 0 Å². The first kappa shape index (κ1) is 21.4. The van der Waals surface area contributed by atoms with Crippen LogP contribution in [0.5, 0.6) is 0 Å². The van der Waals surface area contributed by atoms with Crippen molar-refractivity contribution in [3.05, 3.63) is 52.7 Å². The normalized spacial score (nSPS) is 11.8. The molecule has 1 N–H and O–H groups in total. The first-order chi connectivity index (χ1) is 14.1. The fourth-order valence-electron chi connectivity index (χ4n) is 2.72. The van der Waals surface area contributed by atoms with Crippen molar-refractivity contribution in [2.24, 2.45) is 5.92 Å². The van der Waals surface area contributed by atoms with Gasteiger partial charge in [-0.1, -0.05) is 26.0 Å². The van der Waals surface area contributed by atoms with Crippen molar-refractivity contribution in [3.8, 4) is 11.4 Å². The van der Waals surface area contributed by atoms with Crippen LogP contribution >= 0.6 is 0 Å². The second kappa shape index (κ2) is 8.60. The molecule has 0 radical (unpaired) electrons. The molecule has 3 rings (SSSR count). The van der Waals surface area contributed by atoms with Crippen molar-refractivity contribution in [1.82, 2.24) is 24.8 Å². The average Bonchev–Trinajstić information content (AvgIpc) is 2.69. The molecule has 0 fully saturated rings. The van der Waals surface area contributed by atoms with E-state index in [1.807, 2.05) is 13.8 Å². The maximum atomic E-state index is 12.7. The van der Waals surface area contributed by atoms with Gasteiger partial charge in [-0.15, -0.1) is 0 Å². The van der Waals surface area contributed by atoms with Crippen LogP contribution in [-0.2, 0) is 17.5 Å². The Bertz CT molecular complexity index is 1110. The van der Waals surface area contributed by atoms with Gasteiger partial charge in [0.15, 0.2) is 11.5 Å². The van der Waals surface area contributed by atoms with Crippen molar-refractivity contribution in [2.45, 2.75) is 33.0 Å². The molecular weight excluding hydrogens is 399 g/mol. The van der Waals surface area contributed by atoms with Crippen LogP contribution in [0.15, 0.2) is 41.6 Å². The van der Waals surface area contributed by atoms with E-state index in [9.17, 15) is 22.8 Å². The zero-order valence-corrected chi connectivity index (χ0v) is 16.4. The lowest BCUT2D eigenvalue weighted by atomic mass is 10.1. The molecule has 158 valence electrons. The van der Waals surface area contributed by atoms with Gasteiger partial charge in [0.2, 0.25) is 5.91 Å². The van der Waals surface area contributed by atoms with Crippen LogP contribution in [-0.4, -0.2) is 32.0 Å². The fraction of sp³-hybridized carbons (Fsp3) is 0.350. The molecule has 1 amide bonds. The van der Waals surface area contributed by atoms with E-state index in [1.165, 1.54) is 24.7 Å². The molecule has 0 spiro atoms. The quantitative estimate of drug-likeness (QED) is 0.663. The van der Waals surface area contributed by atoms with Crippen molar-refractivity contribution in [3.63, 3.8) is 0 Å². The van der Waals surface area contributed by atoms with Gasteiger partial charge >= 0.3 is 6.18 Å². The molecule has 3 aromatic rings. The number of aromatic nitrogens is 4. The summed E-state index contributed by atoms with van der Waals surface area (Å²) in [7, 11) is 0. The van der Waals surface area contributed by atoms with E-state index in [4.69, 9.17) is 0 Å². The van der Waals surface area contributed by atoms with E-state index in [1.54, 1.807) is 0 Å². The summed E-state index contributed by atoms with van der Waals surface area (Å²) < 4.78 is 39.3. The Balaban J connectivity index is 1.81. The highest BCUT2D eigenvalue weighted by atomic mass is 19.4. The molecule has 10 heteroatoms. The maximum Gasteiger partial charge on any atom is 0.416 e. The van der Waals surface area contributed by atoms with Crippen molar-refractivity contribution in [2.75, 3.05) is 6.54 Å². The number of nitrogens with one attached hydrogen (secondary N) is 1. The van der Waals surface area contributed by atoms with E-state index < -0.39 is 17.3 Å². The number of hydrogen-bond donors (Lipinski definition) is 1. The summed E-state index contributed by atoms with van der Waals surface area (Å²) in [5.74, 6) is 0.292. The number of halogens is 3. The van der Waals surface area contributed by atoms with Gasteiger partial charge < -0.3 is 5.32 Å². The third-order valence-corrected chi connectivity index (χ3v) is 4.41. The maximum absolute atomic E-state index is 12.7. The van der Waals surface area contributed by atoms with Crippen LogP contribution in [0, 0.1) is 5.92 Å². The van der Waals surface area contributed by atoms with E-state index in [0.717, 1.165) is 23.1 Å². The van der Waals surface area contributed by atoms with Gasteiger partial charge in [-0.2, -0.15) is 13.2 Å². The summed E-state index contributed by atoms with van der Waals surface area (Å²) in [6.07, 6.45) is -1.12. The highest BCUT2D eigenvalue weighted by Crippen LogP contribution is 2.30. The number of carbonyl (C=O) groups excluding carboxylic acids is 1. The van der Waals surface area contributed by atoms with E-state index in [2.05, 4.69) is 20.3 Å². The Labute approximate surface area is 170 Å². The Morgan fingerprint density at radius 1 is 1.17 bits per heavy atom. The molecule has 30 heavy (non-hydrogen) atoms. The summed E-state index contributed by atoms with van der Waals surface area (Å²) >= 11 is 0. The summed E-state index contributed by atoms with van der Waals surface area (Å²) in [6, 6.07) is 4.39. The highest BCUT2D eigenvalue weighted by molar-refractivity contribution is 5.77. The predicted octanol–water partition coefficient (Wildman–Crippen LogP) is 3.03. The third kappa shape index (κ3) is 5.00. The average molecular weight is 419 g/mol. The van der Waals surface area contributed by atoms with Gasteiger partial charge in [0.25, 0.3) is 5.56 Å². The van der Waals surface area contributed by atoms with Crippen molar-refractivity contribution in [1.29, 1.82) is 0 Å². The molecule has 0 atom stereocenters. The van der Waals surface area contributed by atoms with Crippen molar-refractivity contribution < 1.29 is 18.0 Å². The number of alkyl halides is 3. The molecule has 0 aliphatic rings. The van der Waals surface area contributed by atoms with E-state index in [0.29, 0.717) is 18.0 Å². The summed E-state index contributed by atoms with van der Waals surface area (Å²) in [5, 5.41) is 2.86. The molecular formula is C20H20F3N5O2. The van der Waals surface area contributed by atoms with Crippen LogP contribution in [0.1, 0.15) is 25.8 Å². The van der Waals surface area contributed by atoms with Crippen LogP contribution in [0.3, 0.4) is 0 Å². The molecule has 0 saturated heterocycles. The Morgan fingerprint density at radius 2 is 1.87 bits per heavy atom. The lowest BCUT2D eigenvalue weighted by Crippen LogP contribution is -2.33. The van der Waals surface area contributed by atoms with Gasteiger partial charge in [0.05, 0.1) is 5.56 Å². The number of nitrogens with zero attached hydrogens (tertiary/aromatic N) is 4. The standard InChI is InChI=1S/C20H20F3N5O2/c1-12(2)7-8-24-16(29)10-28-11-26-18-15(19(28)30)9-25-17(27-18)13-3-5-14(6-4-13)20(21,22)23/h3-6,9,11-12H,7-8,10H2,1-2H3,(H,24,29). The predicted molar refractivity (Wildman–Crippen MR) is 104 cm³/mol. The number of amides is 1. The number of rotatable bonds is 6. The Kier molecular flexibility index (Phi) is 6.14. The van der Waals surface area contributed by atoms with E-state index >= 15 is 0 Å². The Hall–Kier alpha value is -3.30. The van der Waals surface area contributed by atoms with Crippen LogP contribution < -0.4 is 10.9 Å². The first-order valence-electron chi connectivity index (χ1n) is 9.31. The van der Waals surface area contributed by atoms with Gasteiger partial charge in [0.1, 0.15) is 18.3 Å². The molecule has 0 bridgehead atoms. The highest BCUT2D eigenvalue weighted by Gasteiger charge is 2.30. The van der Waals surface area contributed by atoms with E-state index in [-0.39, 0.29) is 29.3 Å². The summed E-state index contributed by atoms with van der Waals surface area (Å²) in [6.45, 7) is 4.43. The Morgan fingerprint density at radius 3 is 2.50 bits per heavy atom. The lowest BCUT2D eigenvalue weighted by Gasteiger charge is -2.09. The second-order valence-corrected chi connectivity index (χ2v) is 7.22. The summed E-state index contributed by atoms with van der Waals surface area (Å²) in [4.78, 5) is 36.9. The van der Waals surface area contributed by atoms with Crippen LogP contribution in [0.25, 0.3) is 22.4 Å². The molecule has 0 unspecified atom stereocenters. The molecule has 0 aliphatic carbocycles. The topological polar surface area (TPSA) is 89.8 Å². The second-order valence-electron chi connectivity index (χ2n) is 7.22. The van der Waals surface area contributed by atoms with Gasteiger partial charge in [-0.05, 0) is 24.5 Å². The monoisotopic (exact) mass is 419 g/mol. The summed E-state index contributed by atoms with van der Waals surface area (Å²) in [5.41, 5.74) is -0.792. The molecule has 0 aliphatic heterocycles. The molecule has 2 aromatic heterocycles. The minimum Gasteiger partial charge on any atom is -0.355 e.